The Morgan fingerprint density at radius 2 is 2.13 bits per heavy atom. The Hall–Kier alpha value is -0.530. The van der Waals surface area contributed by atoms with Crippen molar-refractivity contribution in [3.05, 3.63) is 21.4 Å². The van der Waals surface area contributed by atoms with Crippen LogP contribution in [0.5, 0.6) is 5.75 Å². The lowest BCUT2D eigenvalue weighted by atomic mass is 10.3. The van der Waals surface area contributed by atoms with Crippen LogP contribution in [0.25, 0.3) is 0 Å². The van der Waals surface area contributed by atoms with Crippen molar-refractivity contribution in [1.29, 1.82) is 0 Å². The van der Waals surface area contributed by atoms with Gasteiger partial charge in [0.05, 0.1) is 5.02 Å². The highest BCUT2D eigenvalue weighted by molar-refractivity contribution is 9.10. The number of hydrogen-bond acceptors (Lipinski definition) is 3. The molecule has 84 valence electrons. The third kappa shape index (κ3) is 3.22. The summed E-state index contributed by atoms with van der Waals surface area (Å²) in [6.07, 6.45) is -3.54. The van der Waals surface area contributed by atoms with E-state index < -0.39 is 12.1 Å². The molecule has 0 aromatic carbocycles. The highest BCUT2D eigenvalue weighted by Gasteiger charge is 2.33. The Morgan fingerprint density at radius 1 is 1.53 bits per heavy atom. The Balaban J connectivity index is 3.15. The van der Waals surface area contributed by atoms with Crippen LogP contribution in [0.4, 0.5) is 13.2 Å². The van der Waals surface area contributed by atoms with Gasteiger partial charge in [-0.05, 0) is 15.9 Å². The van der Waals surface area contributed by atoms with Gasteiger partial charge in [0.2, 0.25) is 0 Å². The lowest BCUT2D eigenvalue weighted by Crippen LogP contribution is -2.18. The van der Waals surface area contributed by atoms with Crippen LogP contribution in [0.15, 0.2) is 10.8 Å². The van der Waals surface area contributed by atoms with Crippen molar-refractivity contribution in [3.8, 4) is 5.75 Å². The molecule has 0 spiro atoms. The minimum Gasteiger partial charge on any atom is -0.401 e. The summed E-state index contributed by atoms with van der Waals surface area (Å²) in [4.78, 5) is 3.62. The molecule has 1 rings (SSSR count). The normalized spacial score (nSPS) is 11.6. The van der Waals surface area contributed by atoms with E-state index in [0.717, 1.165) is 0 Å². The number of nitrogens with zero attached hydrogens (tertiary/aromatic N) is 1. The van der Waals surface area contributed by atoms with E-state index in [4.69, 9.17) is 17.3 Å². The molecule has 1 aromatic heterocycles. The molecular weight excluding hydrogens is 300 g/mol. The summed E-state index contributed by atoms with van der Waals surface area (Å²) >= 11 is 8.45. The second-order valence-corrected chi connectivity index (χ2v) is 3.60. The second kappa shape index (κ2) is 4.54. The van der Waals surface area contributed by atoms with Crippen molar-refractivity contribution in [3.63, 3.8) is 0 Å². The van der Waals surface area contributed by atoms with E-state index in [1.54, 1.807) is 0 Å². The highest BCUT2D eigenvalue weighted by Crippen LogP contribution is 2.37. The Kier molecular flexibility index (Phi) is 3.80. The maximum absolute atomic E-state index is 12.0. The van der Waals surface area contributed by atoms with E-state index in [2.05, 4.69) is 25.7 Å². The standard InChI is InChI=1S/C7H5BrClF3N2O/c8-6-5(15-7(10,11)12)4(9)3(1-13)2-14-6/h2H,1,13H2. The van der Waals surface area contributed by atoms with Crippen molar-refractivity contribution in [2.75, 3.05) is 0 Å². The predicted molar refractivity (Wildman–Crippen MR) is 51.5 cm³/mol. The molecule has 15 heavy (non-hydrogen) atoms. The fourth-order valence-electron chi connectivity index (χ4n) is 0.831. The van der Waals surface area contributed by atoms with Crippen molar-refractivity contribution in [2.45, 2.75) is 12.9 Å². The number of hydrogen-bond donors (Lipinski definition) is 1. The molecule has 3 nitrogen and oxygen atoms in total. The minimum atomic E-state index is -4.82. The summed E-state index contributed by atoms with van der Waals surface area (Å²) in [5.74, 6) is -0.577. The van der Waals surface area contributed by atoms with Crippen LogP contribution in [-0.2, 0) is 6.54 Å². The molecule has 0 amide bonds. The van der Waals surface area contributed by atoms with E-state index in [9.17, 15) is 13.2 Å². The van der Waals surface area contributed by atoms with E-state index in [1.807, 2.05) is 0 Å². The molecule has 0 atom stereocenters. The zero-order chi connectivity index (χ0) is 11.6. The van der Waals surface area contributed by atoms with Crippen LogP contribution in [-0.4, -0.2) is 11.3 Å². The monoisotopic (exact) mass is 304 g/mol. The average Bonchev–Trinajstić information content (AvgIpc) is 2.11. The van der Waals surface area contributed by atoms with Gasteiger partial charge in [0.25, 0.3) is 0 Å². The van der Waals surface area contributed by atoms with Crippen LogP contribution in [0.2, 0.25) is 5.02 Å². The van der Waals surface area contributed by atoms with Gasteiger partial charge < -0.3 is 10.5 Å². The van der Waals surface area contributed by atoms with Crippen molar-refractivity contribution in [2.24, 2.45) is 5.73 Å². The van der Waals surface area contributed by atoms with Gasteiger partial charge in [0, 0.05) is 18.3 Å². The first-order chi connectivity index (χ1) is 6.85. The molecule has 0 aliphatic rings. The Morgan fingerprint density at radius 3 is 2.60 bits per heavy atom. The van der Waals surface area contributed by atoms with Gasteiger partial charge in [0.1, 0.15) is 4.60 Å². The quantitative estimate of drug-likeness (QED) is 0.855. The molecule has 8 heteroatoms. The summed E-state index contributed by atoms with van der Waals surface area (Å²) < 4.78 is 39.5. The molecule has 0 radical (unpaired) electrons. The van der Waals surface area contributed by atoms with Crippen LogP contribution < -0.4 is 10.5 Å². The zero-order valence-electron chi connectivity index (χ0n) is 7.11. The number of nitrogens with two attached hydrogens (primary N) is 1. The van der Waals surface area contributed by atoms with Gasteiger partial charge in [-0.3, -0.25) is 0 Å². The van der Waals surface area contributed by atoms with Gasteiger partial charge in [-0.2, -0.15) is 0 Å². The van der Waals surface area contributed by atoms with Crippen LogP contribution >= 0.6 is 27.5 Å². The van der Waals surface area contributed by atoms with Crippen molar-refractivity contribution >= 4 is 27.5 Å². The third-order valence-corrected chi connectivity index (χ3v) is 2.42. The van der Waals surface area contributed by atoms with E-state index >= 15 is 0 Å². The van der Waals surface area contributed by atoms with E-state index in [0.29, 0.717) is 0 Å². The van der Waals surface area contributed by atoms with Gasteiger partial charge in [-0.1, -0.05) is 11.6 Å². The molecule has 0 saturated heterocycles. The van der Waals surface area contributed by atoms with E-state index in [-0.39, 0.29) is 21.7 Å². The fraction of sp³-hybridized carbons (Fsp3) is 0.286. The molecule has 0 saturated carbocycles. The number of aromatic nitrogens is 1. The topological polar surface area (TPSA) is 48.1 Å². The van der Waals surface area contributed by atoms with Gasteiger partial charge in [-0.15, -0.1) is 13.2 Å². The maximum atomic E-state index is 12.0. The van der Waals surface area contributed by atoms with Gasteiger partial charge >= 0.3 is 6.36 Å². The third-order valence-electron chi connectivity index (χ3n) is 1.44. The first-order valence-electron chi connectivity index (χ1n) is 3.64. The molecule has 1 heterocycles. The summed E-state index contributed by atoms with van der Waals surface area (Å²) in [5.41, 5.74) is 5.53. The fourth-order valence-corrected chi connectivity index (χ4v) is 1.58. The molecule has 0 unspecified atom stereocenters. The molecule has 0 fully saturated rings. The van der Waals surface area contributed by atoms with Crippen LogP contribution in [0.3, 0.4) is 0 Å². The summed E-state index contributed by atoms with van der Waals surface area (Å²) in [7, 11) is 0. The molecule has 2 N–H and O–H groups in total. The minimum absolute atomic E-state index is 0.0205. The average molecular weight is 305 g/mol. The van der Waals surface area contributed by atoms with Gasteiger partial charge in [-0.25, -0.2) is 4.98 Å². The Labute approximate surface area is 96.5 Å². The molecule has 0 aliphatic carbocycles. The highest BCUT2D eigenvalue weighted by atomic mass is 79.9. The predicted octanol–water partition coefficient (Wildman–Crippen LogP) is 2.85. The number of rotatable bonds is 2. The molecule has 0 aliphatic heterocycles. The first kappa shape index (κ1) is 12.5. The van der Waals surface area contributed by atoms with Crippen molar-refractivity contribution in [1.82, 2.24) is 4.98 Å². The van der Waals surface area contributed by atoms with Crippen LogP contribution in [0.1, 0.15) is 5.56 Å². The van der Waals surface area contributed by atoms with Crippen molar-refractivity contribution < 1.29 is 17.9 Å². The number of pyridine rings is 1. The smallest absolute Gasteiger partial charge is 0.401 e. The summed E-state index contributed by atoms with van der Waals surface area (Å²) in [5, 5.41) is -0.197. The lowest BCUT2D eigenvalue weighted by Gasteiger charge is -2.13. The Bertz CT molecular complexity index is 372. The number of alkyl halides is 3. The van der Waals surface area contributed by atoms with E-state index in [1.165, 1.54) is 6.20 Å². The number of ether oxygens (including phenoxy) is 1. The molecular formula is C7H5BrClF3N2O. The number of halogens is 5. The lowest BCUT2D eigenvalue weighted by molar-refractivity contribution is -0.275. The van der Waals surface area contributed by atoms with Gasteiger partial charge in [0.15, 0.2) is 5.75 Å². The second-order valence-electron chi connectivity index (χ2n) is 2.47. The SMILES string of the molecule is NCc1cnc(Br)c(OC(F)(F)F)c1Cl. The zero-order valence-corrected chi connectivity index (χ0v) is 9.45. The first-order valence-corrected chi connectivity index (χ1v) is 4.81. The largest absolute Gasteiger partial charge is 0.573 e. The van der Waals surface area contributed by atoms with Crippen LogP contribution in [0, 0.1) is 0 Å². The summed E-state index contributed by atoms with van der Waals surface area (Å²) in [6, 6.07) is 0. The maximum Gasteiger partial charge on any atom is 0.573 e. The summed E-state index contributed by atoms with van der Waals surface area (Å²) in [6.45, 7) is -0.0205. The molecule has 1 aromatic rings. The molecule has 0 bridgehead atoms.